The van der Waals surface area contributed by atoms with Gasteiger partial charge in [0.25, 0.3) is 0 Å². The smallest absolute Gasteiger partial charge is 0.305 e. The van der Waals surface area contributed by atoms with Crippen molar-refractivity contribution in [2.75, 3.05) is 7.11 Å². The van der Waals surface area contributed by atoms with Crippen LogP contribution in [0.4, 0.5) is 4.39 Å². The quantitative estimate of drug-likeness (QED) is 0.276. The van der Waals surface area contributed by atoms with Crippen LogP contribution in [-0.4, -0.2) is 33.7 Å². The van der Waals surface area contributed by atoms with E-state index in [9.17, 15) is 9.18 Å². The highest BCUT2D eigenvalue weighted by atomic mass is 32.1. The number of carbonyl (C=O) groups is 1. The second kappa shape index (κ2) is 11.1. The van der Waals surface area contributed by atoms with E-state index in [2.05, 4.69) is 31.0 Å². The van der Waals surface area contributed by atoms with Gasteiger partial charge in [-0.05, 0) is 147 Å². The molecule has 1 N–H and O–H groups in total. The van der Waals surface area contributed by atoms with Crippen LogP contribution in [0.1, 0.15) is 91.4 Å². The average Bonchev–Trinajstić information content (AvgIpc) is 3.51. The van der Waals surface area contributed by atoms with E-state index < -0.39 is 0 Å². The highest BCUT2D eigenvalue weighted by molar-refractivity contribution is 7.71. The summed E-state index contributed by atoms with van der Waals surface area (Å²) in [6.07, 6.45) is 12.6. The summed E-state index contributed by atoms with van der Waals surface area (Å²) in [5, 5.41) is 12.3. The van der Waals surface area contributed by atoms with Gasteiger partial charge in [-0.1, -0.05) is 20.8 Å². The first-order chi connectivity index (χ1) is 19.6. The van der Waals surface area contributed by atoms with Crippen LogP contribution in [0.15, 0.2) is 29.4 Å². The Balaban J connectivity index is 1.17. The molecule has 0 radical (unpaired) electrons. The highest BCUT2D eigenvalue weighted by Crippen LogP contribution is 2.68. The topological polar surface area (TPSA) is 72.3 Å². The molecule has 1 aromatic heterocycles. The standard InChI is InChI=1S/C33H45FN4O2S/c1-20(5-14-29(39)40-4)26-12-13-27-25-11-8-22-19-24(15-17-32(22,2)28(25)16-18-33(26,27)3)37-38-30(35-36-31(38)41)21-6-9-23(34)10-7-21/h6-7,9-10,20,22,25-28H,5,8,11-19H2,1-4H3,(H,36,41)/b37-24-/t20-,22-,25+,26-,27+,28+,32+,33-/m1/s1. The molecule has 4 saturated carbocycles. The van der Waals surface area contributed by atoms with Crippen LogP contribution >= 0.6 is 12.2 Å². The second-order valence-electron chi connectivity index (χ2n) is 14.0. The van der Waals surface area contributed by atoms with Gasteiger partial charge in [0.15, 0.2) is 5.82 Å². The van der Waals surface area contributed by atoms with Crippen LogP contribution in [0.2, 0.25) is 0 Å². The summed E-state index contributed by atoms with van der Waals surface area (Å²) in [4.78, 5) is 11.8. The van der Waals surface area contributed by atoms with Crippen LogP contribution < -0.4 is 0 Å². The average molecular weight is 581 g/mol. The van der Waals surface area contributed by atoms with Crippen molar-refractivity contribution in [1.82, 2.24) is 14.9 Å². The number of H-pyrrole nitrogens is 1. The largest absolute Gasteiger partial charge is 0.469 e. The molecule has 4 fully saturated rings. The van der Waals surface area contributed by atoms with Gasteiger partial charge in [0.1, 0.15) is 5.82 Å². The molecule has 41 heavy (non-hydrogen) atoms. The van der Waals surface area contributed by atoms with Crippen molar-refractivity contribution in [1.29, 1.82) is 0 Å². The number of ether oxygens (including phenoxy) is 1. The number of esters is 1. The van der Waals surface area contributed by atoms with Gasteiger partial charge < -0.3 is 4.74 Å². The molecule has 222 valence electrons. The Morgan fingerprint density at radius 2 is 1.90 bits per heavy atom. The SMILES string of the molecule is COC(=O)CC[C@@H](C)[C@H]1CC[C@H]2[C@@H]3CC[C@@H]4C/C(=N\n5c(-c6ccc(F)cc6)n[nH]c5=S)CC[C@]4(C)[C@H]3CC[C@]12C. The van der Waals surface area contributed by atoms with E-state index in [1.165, 1.54) is 69.9 Å². The molecule has 0 amide bonds. The number of aromatic nitrogens is 3. The van der Waals surface area contributed by atoms with Crippen molar-refractivity contribution in [2.24, 2.45) is 51.4 Å². The summed E-state index contributed by atoms with van der Waals surface area (Å²) in [5.74, 6) is 4.62. The summed E-state index contributed by atoms with van der Waals surface area (Å²) in [5.41, 5.74) is 2.75. The van der Waals surface area contributed by atoms with Crippen molar-refractivity contribution in [2.45, 2.75) is 91.4 Å². The number of hydrogen-bond donors (Lipinski definition) is 1. The lowest BCUT2D eigenvalue weighted by molar-refractivity contribution is -0.141. The van der Waals surface area contributed by atoms with E-state index >= 15 is 0 Å². The van der Waals surface area contributed by atoms with Crippen molar-refractivity contribution < 1.29 is 13.9 Å². The molecule has 0 unspecified atom stereocenters. The van der Waals surface area contributed by atoms with Crippen LogP contribution in [0.25, 0.3) is 11.4 Å². The first-order valence-electron chi connectivity index (χ1n) is 15.7. The van der Waals surface area contributed by atoms with E-state index in [-0.39, 0.29) is 11.8 Å². The molecule has 0 spiro atoms. The van der Waals surface area contributed by atoms with Gasteiger partial charge in [0.2, 0.25) is 4.77 Å². The summed E-state index contributed by atoms with van der Waals surface area (Å²) in [6, 6.07) is 6.33. The maximum absolute atomic E-state index is 13.5. The molecule has 4 aliphatic carbocycles. The molecule has 1 heterocycles. The lowest BCUT2D eigenvalue weighted by Gasteiger charge is -2.61. The van der Waals surface area contributed by atoms with E-state index in [0.29, 0.717) is 45.6 Å². The van der Waals surface area contributed by atoms with Crippen LogP contribution in [0.5, 0.6) is 0 Å². The van der Waals surface area contributed by atoms with Crippen molar-refractivity contribution in [3.8, 4) is 11.4 Å². The number of benzene rings is 1. The van der Waals surface area contributed by atoms with E-state index in [1.54, 1.807) is 16.8 Å². The zero-order valence-electron chi connectivity index (χ0n) is 25.0. The number of aromatic amines is 1. The predicted molar refractivity (Wildman–Crippen MR) is 161 cm³/mol. The Kier molecular flexibility index (Phi) is 7.75. The Morgan fingerprint density at radius 3 is 2.66 bits per heavy atom. The predicted octanol–water partition coefficient (Wildman–Crippen LogP) is 8.20. The molecule has 0 bridgehead atoms. The number of fused-ring (bicyclic) bond motifs is 5. The molecule has 6 rings (SSSR count). The molecule has 4 aliphatic rings. The first-order valence-corrected chi connectivity index (χ1v) is 16.1. The first kappa shape index (κ1) is 28.8. The number of nitrogens with one attached hydrogen (secondary N) is 1. The Morgan fingerprint density at radius 1 is 1.15 bits per heavy atom. The molecule has 2 aromatic rings. The summed E-state index contributed by atoms with van der Waals surface area (Å²) in [6.45, 7) is 7.56. The van der Waals surface area contributed by atoms with E-state index in [1.807, 2.05) is 0 Å². The summed E-state index contributed by atoms with van der Waals surface area (Å²) in [7, 11) is 1.50. The van der Waals surface area contributed by atoms with Crippen LogP contribution in [0.3, 0.4) is 0 Å². The third kappa shape index (κ3) is 5.02. The lowest BCUT2D eigenvalue weighted by atomic mass is 9.44. The minimum Gasteiger partial charge on any atom is -0.469 e. The summed E-state index contributed by atoms with van der Waals surface area (Å²) >= 11 is 5.54. The number of methoxy groups -OCH3 is 1. The van der Waals surface area contributed by atoms with Gasteiger partial charge in [-0.15, -0.1) is 0 Å². The minimum absolute atomic E-state index is 0.0755. The molecule has 8 atom stereocenters. The fraction of sp³-hybridized carbons (Fsp3) is 0.697. The maximum Gasteiger partial charge on any atom is 0.305 e. The van der Waals surface area contributed by atoms with Crippen LogP contribution in [0, 0.1) is 56.9 Å². The fourth-order valence-electron chi connectivity index (χ4n) is 10.1. The summed E-state index contributed by atoms with van der Waals surface area (Å²) < 4.78 is 20.6. The number of halogens is 1. The van der Waals surface area contributed by atoms with Crippen molar-refractivity contribution >= 4 is 23.9 Å². The Labute approximate surface area is 248 Å². The number of hydrogen-bond acceptors (Lipinski definition) is 5. The number of carbonyl (C=O) groups excluding carboxylic acids is 1. The fourth-order valence-corrected chi connectivity index (χ4v) is 10.3. The van der Waals surface area contributed by atoms with Gasteiger partial charge in [-0.3, -0.25) is 4.79 Å². The van der Waals surface area contributed by atoms with Gasteiger partial charge in [0.05, 0.1) is 7.11 Å². The van der Waals surface area contributed by atoms with E-state index in [0.717, 1.165) is 42.6 Å². The van der Waals surface area contributed by atoms with Crippen molar-refractivity contribution in [3.63, 3.8) is 0 Å². The van der Waals surface area contributed by atoms with Gasteiger partial charge in [-0.2, -0.15) is 14.9 Å². The normalized spacial score (nSPS) is 36.3. The molecule has 0 aliphatic heterocycles. The van der Waals surface area contributed by atoms with E-state index in [4.69, 9.17) is 22.1 Å². The molecule has 0 saturated heterocycles. The maximum atomic E-state index is 13.5. The Bertz CT molecular complexity index is 1370. The second-order valence-corrected chi connectivity index (χ2v) is 14.4. The van der Waals surface area contributed by atoms with Crippen molar-refractivity contribution in [3.05, 3.63) is 34.9 Å². The molecule has 1 aromatic carbocycles. The Hall–Kier alpha value is -2.35. The van der Waals surface area contributed by atoms with Crippen LogP contribution in [-0.2, 0) is 9.53 Å². The van der Waals surface area contributed by atoms with Gasteiger partial charge in [-0.25, -0.2) is 9.49 Å². The highest BCUT2D eigenvalue weighted by Gasteiger charge is 2.60. The monoisotopic (exact) mass is 580 g/mol. The van der Waals surface area contributed by atoms with Gasteiger partial charge in [0, 0.05) is 17.7 Å². The molecular formula is C33H45FN4O2S. The number of rotatable bonds is 6. The minimum atomic E-state index is -0.271. The lowest BCUT2D eigenvalue weighted by Crippen LogP contribution is -2.53. The zero-order chi connectivity index (χ0) is 28.9. The number of nitrogens with zero attached hydrogens (tertiary/aromatic N) is 3. The molecular weight excluding hydrogens is 535 g/mol. The molecule has 8 heteroatoms. The molecule has 6 nitrogen and oxygen atoms in total. The van der Waals surface area contributed by atoms with Gasteiger partial charge >= 0.3 is 5.97 Å². The third-order valence-corrected chi connectivity index (χ3v) is 12.5. The zero-order valence-corrected chi connectivity index (χ0v) is 25.8. The third-order valence-electron chi connectivity index (χ3n) is 12.3.